The van der Waals surface area contributed by atoms with Crippen molar-refractivity contribution in [2.24, 2.45) is 11.8 Å². The number of halogens is 2. The number of nitrogens with zero attached hydrogens (tertiary/aromatic N) is 12. The van der Waals surface area contributed by atoms with Gasteiger partial charge in [0, 0.05) is 47.5 Å². The van der Waals surface area contributed by atoms with Gasteiger partial charge in [-0.05, 0) is 117 Å². The van der Waals surface area contributed by atoms with Crippen molar-refractivity contribution < 1.29 is 27.7 Å². The third kappa shape index (κ3) is 9.50. The summed E-state index contributed by atoms with van der Waals surface area (Å²) in [5.74, 6) is 0.196. The quantitative estimate of drug-likeness (QED) is 0.147. The summed E-state index contributed by atoms with van der Waals surface area (Å²) in [7, 11) is 7.19. The summed E-state index contributed by atoms with van der Waals surface area (Å²) < 4.78 is 58.3. The molecule has 10 heterocycles. The summed E-state index contributed by atoms with van der Waals surface area (Å²) in [5, 5.41) is 19.2. The number of likely N-dealkylation sites (tertiary alicyclic amines) is 2. The van der Waals surface area contributed by atoms with E-state index in [-0.39, 0.29) is 11.8 Å². The fraction of sp³-hybridized carbons (Fsp3) is 0.542. The zero-order valence-electron chi connectivity index (χ0n) is 39.0. The molecule has 6 aromatic heterocycles. The minimum atomic E-state index is -0.497. The number of rotatable bonds is 10. The van der Waals surface area contributed by atoms with Crippen LogP contribution < -0.4 is 9.47 Å². The van der Waals surface area contributed by atoms with Crippen molar-refractivity contribution in [3.8, 4) is 45.6 Å². The van der Waals surface area contributed by atoms with Gasteiger partial charge in [-0.25, -0.2) is 28.1 Å². The molecule has 0 aliphatic carbocycles. The normalized spacial score (nSPS) is 18.7. The Morgan fingerprint density at radius 3 is 1.36 bits per heavy atom. The molecule has 16 nitrogen and oxygen atoms in total. The van der Waals surface area contributed by atoms with Crippen molar-refractivity contribution in [3.63, 3.8) is 0 Å². The van der Waals surface area contributed by atoms with Crippen molar-refractivity contribution >= 4 is 0 Å². The highest BCUT2D eigenvalue weighted by Gasteiger charge is 2.29. The standard InChI is InChI=1S/2C24H31FN6O2/c2*1-16(17-4-8-29(2)9-5-17)30-15-19(14-27-30)31-22-7-11-33-10-6-20(22)23(28-31)18-12-21(25)24(32-3)26-13-18/h2*12-17H,4-11H2,1-3H3/t2*16-/m10/s1. The molecule has 0 unspecified atom stereocenters. The van der Waals surface area contributed by atoms with Gasteiger partial charge in [-0.2, -0.15) is 20.4 Å². The molecular weight excluding hydrogens is 847 g/mol. The first-order valence-electron chi connectivity index (χ1n) is 23.3. The molecule has 4 aliphatic heterocycles. The zero-order chi connectivity index (χ0) is 45.9. The molecule has 0 radical (unpaired) electrons. The lowest BCUT2D eigenvalue weighted by Gasteiger charge is -2.32. The van der Waals surface area contributed by atoms with Crippen molar-refractivity contribution in [2.75, 3.05) is 80.9 Å². The number of aromatic nitrogens is 10. The minimum Gasteiger partial charge on any atom is -0.479 e. The second kappa shape index (κ2) is 20.1. The van der Waals surface area contributed by atoms with E-state index in [0.717, 1.165) is 97.1 Å². The van der Waals surface area contributed by atoms with E-state index in [4.69, 9.17) is 39.3 Å². The molecule has 10 rings (SSSR count). The minimum absolute atomic E-state index is 0.0169. The summed E-state index contributed by atoms with van der Waals surface area (Å²) >= 11 is 0. The van der Waals surface area contributed by atoms with Crippen LogP contribution in [0.2, 0.25) is 0 Å². The average molecular weight is 909 g/mol. The van der Waals surface area contributed by atoms with Crippen LogP contribution in [-0.2, 0) is 35.2 Å². The fourth-order valence-electron chi connectivity index (χ4n) is 9.98. The monoisotopic (exact) mass is 908 g/mol. The van der Waals surface area contributed by atoms with Crippen LogP contribution in [0.5, 0.6) is 11.8 Å². The summed E-state index contributed by atoms with van der Waals surface area (Å²) in [5.41, 5.74) is 8.92. The van der Waals surface area contributed by atoms with Crippen LogP contribution in [0.4, 0.5) is 8.78 Å². The second-order valence-corrected chi connectivity index (χ2v) is 18.1. The van der Waals surface area contributed by atoms with Gasteiger partial charge < -0.3 is 28.7 Å². The molecule has 66 heavy (non-hydrogen) atoms. The molecule has 2 atom stereocenters. The second-order valence-electron chi connectivity index (χ2n) is 18.1. The molecule has 352 valence electrons. The third-order valence-electron chi connectivity index (χ3n) is 14.1. The maximum atomic E-state index is 14.4. The summed E-state index contributed by atoms with van der Waals surface area (Å²) in [6.45, 7) is 11.5. The first-order chi connectivity index (χ1) is 32.1. The van der Waals surface area contributed by atoms with Gasteiger partial charge in [-0.1, -0.05) is 0 Å². The first kappa shape index (κ1) is 45.6. The molecule has 2 fully saturated rings. The number of hydrogen-bond acceptors (Lipinski definition) is 12. The van der Waals surface area contributed by atoms with E-state index < -0.39 is 11.6 Å². The van der Waals surface area contributed by atoms with Crippen molar-refractivity contribution in [2.45, 2.75) is 77.3 Å². The Hall–Kier alpha value is -5.56. The number of hydrogen-bond donors (Lipinski definition) is 0. The largest absolute Gasteiger partial charge is 0.479 e. The highest BCUT2D eigenvalue weighted by molar-refractivity contribution is 5.66. The van der Waals surface area contributed by atoms with Gasteiger partial charge in [-0.15, -0.1) is 0 Å². The van der Waals surface area contributed by atoms with Crippen LogP contribution in [-0.4, -0.2) is 140 Å². The highest BCUT2D eigenvalue weighted by Crippen LogP contribution is 2.35. The van der Waals surface area contributed by atoms with Crippen LogP contribution in [0.25, 0.3) is 33.9 Å². The van der Waals surface area contributed by atoms with Gasteiger partial charge in [0.25, 0.3) is 0 Å². The Kier molecular flexibility index (Phi) is 13.9. The van der Waals surface area contributed by atoms with E-state index in [1.807, 2.05) is 21.8 Å². The van der Waals surface area contributed by atoms with E-state index in [9.17, 15) is 8.78 Å². The molecule has 2 saturated heterocycles. The van der Waals surface area contributed by atoms with E-state index in [0.29, 0.717) is 61.5 Å². The van der Waals surface area contributed by atoms with Crippen molar-refractivity contribution in [1.82, 2.24) is 58.9 Å². The zero-order valence-corrected chi connectivity index (χ0v) is 39.0. The number of fused-ring (bicyclic) bond motifs is 2. The number of ether oxygens (including phenoxy) is 4. The predicted octanol–water partition coefficient (Wildman–Crippen LogP) is 6.59. The molecular formula is C48H62F2N12O4. The van der Waals surface area contributed by atoms with Crippen molar-refractivity contribution in [3.05, 3.63) is 83.5 Å². The van der Waals surface area contributed by atoms with Gasteiger partial charge in [0.05, 0.1) is 100 Å². The van der Waals surface area contributed by atoms with Crippen molar-refractivity contribution in [1.29, 1.82) is 0 Å². The van der Waals surface area contributed by atoms with E-state index >= 15 is 0 Å². The van der Waals surface area contributed by atoms with Crippen LogP contribution in [0, 0.1) is 23.5 Å². The van der Waals surface area contributed by atoms with Crippen LogP contribution >= 0.6 is 0 Å². The lowest BCUT2D eigenvalue weighted by Crippen LogP contribution is -2.33. The SMILES string of the molecule is COc1ncc(-c2nn(-c3cnn([C@@H](C)C4CCN(C)CC4)c3)c3c2CCOCC3)cc1F.COc1ncc(-c2nn(-c3cnn([C@H](C)C4CCN(C)CC4)c3)c3c2CCOCC3)cc1F. The Morgan fingerprint density at radius 1 is 0.591 bits per heavy atom. The maximum Gasteiger partial charge on any atom is 0.250 e. The van der Waals surface area contributed by atoms with Gasteiger partial charge in [0.2, 0.25) is 11.8 Å². The van der Waals surface area contributed by atoms with Crippen LogP contribution in [0.15, 0.2) is 49.3 Å². The van der Waals surface area contributed by atoms with Crippen LogP contribution in [0.1, 0.15) is 74.1 Å². The topological polar surface area (TPSA) is 140 Å². The lowest BCUT2D eigenvalue weighted by atomic mass is 9.91. The molecule has 0 N–H and O–H groups in total. The highest BCUT2D eigenvalue weighted by atomic mass is 19.1. The number of methoxy groups -OCH3 is 2. The summed E-state index contributed by atoms with van der Waals surface area (Å²) in [6.07, 6.45) is 18.8. The molecule has 4 aliphatic rings. The lowest BCUT2D eigenvalue weighted by molar-refractivity contribution is 0.145. The number of pyridine rings is 2. The molecule has 0 aromatic carbocycles. The predicted molar refractivity (Wildman–Crippen MR) is 244 cm³/mol. The van der Waals surface area contributed by atoms with Crippen LogP contribution in [0.3, 0.4) is 0 Å². The van der Waals surface area contributed by atoms with Gasteiger partial charge >= 0.3 is 0 Å². The molecule has 0 saturated carbocycles. The average Bonchev–Trinajstić information content (AvgIpc) is 4.09. The van der Waals surface area contributed by atoms with Gasteiger partial charge in [0.1, 0.15) is 11.4 Å². The smallest absolute Gasteiger partial charge is 0.250 e. The molecule has 6 aromatic rings. The number of piperidine rings is 2. The molecule has 0 amide bonds. The fourth-order valence-corrected chi connectivity index (χ4v) is 9.98. The molecule has 0 bridgehead atoms. The summed E-state index contributed by atoms with van der Waals surface area (Å²) in [6, 6.07) is 3.53. The molecule has 0 spiro atoms. The van der Waals surface area contributed by atoms with E-state index in [2.05, 4.69) is 69.5 Å². The molecule has 18 heteroatoms. The maximum absolute atomic E-state index is 14.4. The summed E-state index contributed by atoms with van der Waals surface area (Å²) in [4.78, 5) is 13.0. The Balaban J connectivity index is 0.000000166. The Labute approximate surface area is 384 Å². The van der Waals surface area contributed by atoms with Gasteiger partial charge in [-0.3, -0.25) is 9.36 Å². The first-order valence-corrected chi connectivity index (χ1v) is 23.3. The Bertz CT molecular complexity index is 2410. The van der Waals surface area contributed by atoms with Gasteiger partial charge in [0.15, 0.2) is 11.6 Å². The third-order valence-corrected chi connectivity index (χ3v) is 14.1. The van der Waals surface area contributed by atoms with E-state index in [1.165, 1.54) is 52.0 Å². The van der Waals surface area contributed by atoms with E-state index in [1.54, 1.807) is 12.4 Å². The Morgan fingerprint density at radius 2 is 0.985 bits per heavy atom.